The Bertz CT molecular complexity index is 1160. The molecule has 0 saturated heterocycles. The van der Waals surface area contributed by atoms with Crippen LogP contribution in [0.15, 0.2) is 52.1 Å². The normalized spacial score (nSPS) is 15.6. The molecule has 3 aromatic rings. The fourth-order valence-electron chi connectivity index (χ4n) is 3.23. The molecule has 0 unspecified atom stereocenters. The van der Waals surface area contributed by atoms with Gasteiger partial charge in [-0.3, -0.25) is 0 Å². The third-order valence-corrected chi connectivity index (χ3v) is 5.59. The molecule has 0 radical (unpaired) electrons. The first-order chi connectivity index (χ1) is 14.9. The van der Waals surface area contributed by atoms with Gasteiger partial charge >= 0.3 is 0 Å². The van der Waals surface area contributed by atoms with E-state index in [0.29, 0.717) is 23.7 Å². The van der Waals surface area contributed by atoms with E-state index >= 15 is 0 Å². The van der Waals surface area contributed by atoms with Crippen LogP contribution in [0.3, 0.4) is 0 Å². The quantitative estimate of drug-likeness (QED) is 0.507. The summed E-state index contributed by atoms with van der Waals surface area (Å²) < 4.78 is 21.1. The summed E-state index contributed by atoms with van der Waals surface area (Å²) in [5, 5.41) is 15.6. The van der Waals surface area contributed by atoms with Crippen molar-refractivity contribution in [3.63, 3.8) is 0 Å². The molecule has 2 aromatic carbocycles. The summed E-state index contributed by atoms with van der Waals surface area (Å²) in [4.78, 5) is 5.49. The van der Waals surface area contributed by atoms with Crippen molar-refractivity contribution in [3.05, 3.63) is 80.2 Å². The first kappa shape index (κ1) is 21.5. The molecule has 0 fully saturated rings. The largest absolute Gasteiger partial charge is 0.434 e. The third kappa shape index (κ3) is 4.97. The molecule has 1 aromatic heterocycles. The highest BCUT2D eigenvalue weighted by Crippen LogP contribution is 2.30. The first-order valence-electron chi connectivity index (χ1n) is 9.59. The predicted octanol–water partition coefficient (Wildman–Crippen LogP) is 5.33. The Balaban J connectivity index is 1.59. The maximum absolute atomic E-state index is 14.3. The number of rotatable bonds is 5. The highest BCUT2D eigenvalue weighted by atomic mass is 79.9. The van der Waals surface area contributed by atoms with Gasteiger partial charge in [-0.25, -0.2) is 4.39 Å². The topological polar surface area (TPSA) is 68.6 Å². The summed E-state index contributed by atoms with van der Waals surface area (Å²) in [7, 11) is 0. The van der Waals surface area contributed by atoms with Gasteiger partial charge in [0.25, 0.3) is 0 Å². The Labute approximate surface area is 192 Å². The number of nitrogens with one attached hydrogen (secondary N) is 1. The van der Waals surface area contributed by atoms with Crippen LogP contribution in [0.4, 0.5) is 4.39 Å². The Morgan fingerprint density at radius 2 is 2.06 bits per heavy atom. The summed E-state index contributed by atoms with van der Waals surface area (Å²) in [6.07, 6.45) is 0.745. The molecule has 9 heteroatoms. The Hall–Kier alpha value is -2.71. The van der Waals surface area contributed by atoms with Crippen LogP contribution < -0.4 is 10.1 Å². The van der Waals surface area contributed by atoms with Gasteiger partial charge in [0.2, 0.25) is 5.88 Å². The summed E-state index contributed by atoms with van der Waals surface area (Å²) in [5.74, 6) is -0.175. The molecule has 0 spiro atoms. The summed E-state index contributed by atoms with van der Waals surface area (Å²) in [5.41, 5.74) is 3.56. The second-order valence-electron chi connectivity index (χ2n) is 7.21. The molecule has 31 heavy (non-hydrogen) atoms. The van der Waals surface area contributed by atoms with Gasteiger partial charge in [-0.1, -0.05) is 44.8 Å². The van der Waals surface area contributed by atoms with E-state index in [0.717, 1.165) is 10.9 Å². The van der Waals surface area contributed by atoms with E-state index in [2.05, 4.69) is 55.7 Å². The average molecular weight is 506 g/mol. The molecule has 0 saturated carbocycles. The molecule has 6 nitrogen and oxygen atoms in total. The lowest BCUT2D eigenvalue weighted by Crippen LogP contribution is -2.43. The summed E-state index contributed by atoms with van der Waals surface area (Å²) in [6, 6.07) is 12.4. The molecule has 2 heterocycles. The third-order valence-electron chi connectivity index (χ3n) is 4.80. The lowest BCUT2D eigenvalue weighted by molar-refractivity contribution is 0.109. The number of benzene rings is 2. The summed E-state index contributed by atoms with van der Waals surface area (Å²) >= 11 is 9.35. The Morgan fingerprint density at radius 1 is 1.23 bits per heavy atom. The van der Waals surface area contributed by atoms with E-state index in [1.807, 2.05) is 6.07 Å². The molecule has 160 valence electrons. The molecule has 1 aliphatic heterocycles. The smallest absolute Gasteiger partial charge is 0.250 e. The van der Waals surface area contributed by atoms with Crippen LogP contribution >= 0.6 is 27.5 Å². The number of amidine groups is 1. The molecule has 1 N–H and O–H groups in total. The lowest BCUT2D eigenvalue weighted by atomic mass is 10.0. The molecule has 1 aliphatic rings. The van der Waals surface area contributed by atoms with E-state index in [1.54, 1.807) is 19.1 Å². The first-order valence-corrected chi connectivity index (χ1v) is 10.8. The van der Waals surface area contributed by atoms with Gasteiger partial charge in [0.1, 0.15) is 6.61 Å². The van der Waals surface area contributed by atoms with Gasteiger partial charge in [0.15, 0.2) is 17.4 Å². The van der Waals surface area contributed by atoms with Crippen LogP contribution in [-0.4, -0.2) is 28.7 Å². The standard InChI is InChI=1S/C22H19BrClFN4O2/c1-12-8-15(23)7-6-14(12)10-16-11-30-29-21(26-16)17-9-13(2)27-28-22(17)31-19-5-3-4-18(24)20(19)25/h3-9,16H,10-11H2,1-2H3,(H,26,29)/t16-/m0/s1. The molecule has 0 aliphatic carbocycles. The van der Waals surface area contributed by atoms with E-state index in [9.17, 15) is 4.39 Å². The fourth-order valence-corrected chi connectivity index (χ4v) is 3.87. The van der Waals surface area contributed by atoms with Crippen molar-refractivity contribution >= 4 is 33.4 Å². The van der Waals surface area contributed by atoms with Crippen molar-refractivity contribution in [1.29, 1.82) is 0 Å². The number of aryl methyl sites for hydroxylation is 2. The molecule has 1 atom stereocenters. The zero-order valence-electron chi connectivity index (χ0n) is 16.8. The van der Waals surface area contributed by atoms with Crippen LogP contribution in [0.25, 0.3) is 0 Å². The highest BCUT2D eigenvalue weighted by Gasteiger charge is 2.24. The van der Waals surface area contributed by atoms with Gasteiger partial charge < -0.3 is 14.9 Å². The van der Waals surface area contributed by atoms with E-state index in [-0.39, 0.29) is 22.7 Å². The second-order valence-corrected chi connectivity index (χ2v) is 8.53. The van der Waals surface area contributed by atoms with Gasteiger partial charge in [0, 0.05) is 4.47 Å². The van der Waals surface area contributed by atoms with Crippen LogP contribution in [0.5, 0.6) is 11.6 Å². The zero-order chi connectivity index (χ0) is 22.0. The lowest BCUT2D eigenvalue weighted by Gasteiger charge is -2.25. The van der Waals surface area contributed by atoms with Crippen molar-refractivity contribution < 1.29 is 14.0 Å². The van der Waals surface area contributed by atoms with Crippen molar-refractivity contribution in [2.75, 3.05) is 6.61 Å². The fraction of sp³-hybridized carbons (Fsp3) is 0.227. The van der Waals surface area contributed by atoms with Crippen molar-refractivity contribution in [2.24, 2.45) is 5.16 Å². The van der Waals surface area contributed by atoms with Crippen molar-refractivity contribution in [2.45, 2.75) is 26.3 Å². The number of hydrogen-bond donors (Lipinski definition) is 1. The van der Waals surface area contributed by atoms with Gasteiger partial charge in [-0.15, -0.1) is 5.10 Å². The van der Waals surface area contributed by atoms with Gasteiger partial charge in [0.05, 0.1) is 22.3 Å². The number of hydrogen-bond acceptors (Lipinski definition) is 6. The van der Waals surface area contributed by atoms with Crippen LogP contribution in [0.2, 0.25) is 5.02 Å². The highest BCUT2D eigenvalue weighted by molar-refractivity contribution is 9.10. The number of oxime groups is 1. The van der Waals surface area contributed by atoms with E-state index in [1.165, 1.54) is 23.3 Å². The average Bonchev–Trinajstić information content (AvgIpc) is 2.75. The van der Waals surface area contributed by atoms with Crippen molar-refractivity contribution in [1.82, 2.24) is 15.5 Å². The van der Waals surface area contributed by atoms with E-state index in [4.69, 9.17) is 21.2 Å². The molecular formula is C22H19BrClFN4O2. The van der Waals surface area contributed by atoms with Crippen LogP contribution in [-0.2, 0) is 11.3 Å². The zero-order valence-corrected chi connectivity index (χ0v) is 19.2. The molecule has 0 amide bonds. The number of ether oxygens (including phenoxy) is 1. The predicted molar refractivity (Wildman–Crippen MR) is 120 cm³/mol. The Morgan fingerprint density at radius 3 is 2.87 bits per heavy atom. The van der Waals surface area contributed by atoms with Crippen LogP contribution in [0.1, 0.15) is 22.4 Å². The number of halogens is 3. The van der Waals surface area contributed by atoms with Gasteiger partial charge in [-0.05, 0) is 61.7 Å². The summed E-state index contributed by atoms with van der Waals surface area (Å²) in [6.45, 7) is 4.28. The minimum Gasteiger partial charge on any atom is -0.434 e. The second kappa shape index (κ2) is 9.20. The Kier molecular flexibility index (Phi) is 6.38. The van der Waals surface area contributed by atoms with Gasteiger partial charge in [-0.2, -0.15) is 5.10 Å². The van der Waals surface area contributed by atoms with Crippen LogP contribution in [0, 0.1) is 19.7 Å². The maximum Gasteiger partial charge on any atom is 0.250 e. The van der Waals surface area contributed by atoms with Crippen molar-refractivity contribution in [3.8, 4) is 11.6 Å². The SMILES string of the molecule is Cc1cc(C2=NOC[C@H](Cc3ccc(Br)cc3C)N2)c(Oc2cccc(Cl)c2F)nn1. The number of aromatic nitrogens is 2. The molecule has 4 rings (SSSR count). The monoisotopic (exact) mass is 504 g/mol. The minimum atomic E-state index is -0.670. The molecular weight excluding hydrogens is 487 g/mol. The molecule has 0 bridgehead atoms. The van der Waals surface area contributed by atoms with E-state index < -0.39 is 5.82 Å². The maximum atomic E-state index is 14.3. The number of nitrogens with zero attached hydrogens (tertiary/aromatic N) is 3. The minimum absolute atomic E-state index is 0.0170.